The van der Waals surface area contributed by atoms with E-state index in [1.165, 1.54) is 0 Å². The van der Waals surface area contributed by atoms with E-state index in [1.807, 2.05) is 0 Å². The van der Waals surface area contributed by atoms with Crippen LogP contribution >= 0.6 is 0 Å². The van der Waals surface area contributed by atoms with E-state index in [4.69, 9.17) is 23.7 Å². The normalized spacial score (nSPS) is 23.5. The van der Waals surface area contributed by atoms with Crippen molar-refractivity contribution >= 4 is 35.8 Å². The molecule has 3 atom stereocenters. The Kier molecular flexibility index (Phi) is 10.2. The lowest BCUT2D eigenvalue weighted by atomic mass is 9.78. The fourth-order valence-corrected chi connectivity index (χ4v) is 4.26. The van der Waals surface area contributed by atoms with E-state index in [2.05, 4.69) is 5.32 Å². The number of rotatable bonds is 9. The van der Waals surface area contributed by atoms with Gasteiger partial charge in [0, 0.05) is 47.0 Å². The van der Waals surface area contributed by atoms with E-state index in [-0.39, 0.29) is 6.42 Å². The van der Waals surface area contributed by atoms with Crippen LogP contribution in [0.15, 0.2) is 30.3 Å². The first kappa shape index (κ1) is 29.3. The zero-order valence-electron chi connectivity index (χ0n) is 21.3. The van der Waals surface area contributed by atoms with Crippen molar-refractivity contribution in [3.8, 4) is 0 Å². The van der Waals surface area contributed by atoms with Crippen LogP contribution < -0.4 is 5.32 Å². The van der Waals surface area contributed by atoms with Gasteiger partial charge in [-0.25, -0.2) is 4.79 Å². The zero-order chi connectivity index (χ0) is 27.8. The minimum absolute atomic E-state index is 0.0617. The average molecular weight is 522 g/mol. The molecule has 1 aliphatic rings. The van der Waals surface area contributed by atoms with Crippen molar-refractivity contribution in [2.75, 3.05) is 7.11 Å². The second kappa shape index (κ2) is 12.8. The molecule has 0 bridgehead atoms. The van der Waals surface area contributed by atoms with Gasteiger partial charge >= 0.3 is 29.8 Å². The zero-order valence-corrected chi connectivity index (χ0v) is 21.3. The maximum Gasteiger partial charge on any atom is 0.328 e. The van der Waals surface area contributed by atoms with Crippen LogP contribution in [0.5, 0.6) is 0 Å². The standard InChI is InChI=1S/C25H31NO11/c1-14(27)34-20-12-25(37-17(4)30,13-21(35-15(2)28)22(20)36-16(3)29)24(32)26-19(23(31)33-5)11-18-9-7-6-8-10-18/h6-10,19-22H,11-13H2,1-5H3,(H,26,32)/t19-,20-,21-,22?,25?/m0/s1. The van der Waals surface area contributed by atoms with E-state index < -0.39 is 78.6 Å². The molecular formula is C25H31NO11. The number of esters is 5. The van der Waals surface area contributed by atoms with Crippen LogP contribution in [0.3, 0.4) is 0 Å². The quantitative estimate of drug-likeness (QED) is 0.361. The van der Waals surface area contributed by atoms with Crippen molar-refractivity contribution in [3.63, 3.8) is 0 Å². The molecule has 37 heavy (non-hydrogen) atoms. The highest BCUT2D eigenvalue weighted by atomic mass is 16.6. The van der Waals surface area contributed by atoms with Crippen molar-refractivity contribution < 1.29 is 52.5 Å². The Labute approximate surface area is 213 Å². The Hall–Kier alpha value is -3.96. The molecule has 0 heterocycles. The highest BCUT2D eigenvalue weighted by Crippen LogP contribution is 2.38. The van der Waals surface area contributed by atoms with Gasteiger partial charge in [-0.3, -0.25) is 24.0 Å². The average Bonchev–Trinajstić information content (AvgIpc) is 2.79. The summed E-state index contributed by atoms with van der Waals surface area (Å²) in [4.78, 5) is 73.8. The molecule has 0 unspecified atom stereocenters. The number of carbonyl (C=O) groups is 6. The Morgan fingerprint density at radius 3 is 1.78 bits per heavy atom. The summed E-state index contributed by atoms with van der Waals surface area (Å²) in [5.41, 5.74) is -1.33. The Morgan fingerprint density at radius 2 is 1.35 bits per heavy atom. The summed E-state index contributed by atoms with van der Waals surface area (Å²) in [6.45, 7) is 4.37. The van der Waals surface area contributed by atoms with Crippen LogP contribution in [0.25, 0.3) is 0 Å². The van der Waals surface area contributed by atoms with Crippen LogP contribution in [0.4, 0.5) is 0 Å². The Morgan fingerprint density at radius 1 is 0.838 bits per heavy atom. The van der Waals surface area contributed by atoms with Gasteiger partial charge in [0.2, 0.25) is 0 Å². The van der Waals surface area contributed by atoms with Gasteiger partial charge in [0.05, 0.1) is 7.11 Å². The predicted octanol–water partition coefficient (Wildman–Crippen LogP) is 0.778. The van der Waals surface area contributed by atoms with E-state index in [9.17, 15) is 28.8 Å². The molecule has 1 N–H and O–H groups in total. The monoisotopic (exact) mass is 521 g/mol. The number of ether oxygens (including phenoxy) is 5. The largest absolute Gasteiger partial charge is 0.467 e. The minimum atomic E-state index is -2.05. The second-order valence-corrected chi connectivity index (χ2v) is 8.60. The molecule has 12 nitrogen and oxygen atoms in total. The minimum Gasteiger partial charge on any atom is -0.467 e. The maximum atomic E-state index is 13.7. The Bertz CT molecular complexity index is 997. The van der Waals surface area contributed by atoms with E-state index >= 15 is 0 Å². The van der Waals surface area contributed by atoms with Gasteiger partial charge in [0.15, 0.2) is 11.7 Å². The van der Waals surface area contributed by atoms with Crippen LogP contribution in [-0.2, 0) is 58.9 Å². The molecule has 1 fully saturated rings. The molecule has 1 aromatic carbocycles. The molecule has 2 rings (SSSR count). The van der Waals surface area contributed by atoms with Gasteiger partial charge in [0.1, 0.15) is 18.2 Å². The lowest BCUT2D eigenvalue weighted by Gasteiger charge is -2.45. The van der Waals surface area contributed by atoms with Crippen LogP contribution in [0.1, 0.15) is 46.1 Å². The van der Waals surface area contributed by atoms with Gasteiger partial charge in [-0.2, -0.15) is 0 Å². The van der Waals surface area contributed by atoms with Gasteiger partial charge in [-0.15, -0.1) is 0 Å². The van der Waals surface area contributed by atoms with Gasteiger partial charge < -0.3 is 29.0 Å². The van der Waals surface area contributed by atoms with Gasteiger partial charge in [-0.05, 0) is 5.56 Å². The first-order valence-corrected chi connectivity index (χ1v) is 11.5. The molecule has 0 spiro atoms. The van der Waals surface area contributed by atoms with Gasteiger partial charge in [-0.1, -0.05) is 30.3 Å². The van der Waals surface area contributed by atoms with Gasteiger partial charge in [0.25, 0.3) is 5.91 Å². The topological polar surface area (TPSA) is 161 Å². The van der Waals surface area contributed by atoms with E-state index in [1.54, 1.807) is 30.3 Å². The summed E-state index contributed by atoms with van der Waals surface area (Å²) in [6, 6.07) is 7.64. The number of nitrogens with one attached hydrogen (secondary N) is 1. The fraction of sp³-hybridized carbons (Fsp3) is 0.520. The molecule has 1 saturated carbocycles. The molecular weight excluding hydrogens is 490 g/mol. The summed E-state index contributed by atoms with van der Waals surface area (Å²) in [6.07, 6.45) is -4.74. The third-order valence-corrected chi connectivity index (χ3v) is 5.56. The molecule has 0 radical (unpaired) electrons. The van der Waals surface area contributed by atoms with Crippen LogP contribution in [0, 0.1) is 0 Å². The summed E-state index contributed by atoms with van der Waals surface area (Å²) >= 11 is 0. The van der Waals surface area contributed by atoms with Crippen molar-refractivity contribution in [1.29, 1.82) is 0 Å². The van der Waals surface area contributed by atoms with Crippen molar-refractivity contribution in [3.05, 3.63) is 35.9 Å². The first-order valence-electron chi connectivity index (χ1n) is 11.5. The molecule has 0 aromatic heterocycles. The summed E-state index contributed by atoms with van der Waals surface area (Å²) < 4.78 is 26.2. The third-order valence-electron chi connectivity index (χ3n) is 5.56. The number of hydrogen-bond donors (Lipinski definition) is 1. The molecule has 12 heteroatoms. The van der Waals surface area contributed by atoms with E-state index in [0.717, 1.165) is 34.8 Å². The Balaban J connectivity index is 2.49. The number of amides is 1. The third kappa shape index (κ3) is 8.29. The number of methoxy groups -OCH3 is 1. The second-order valence-electron chi connectivity index (χ2n) is 8.60. The number of benzene rings is 1. The molecule has 202 valence electrons. The summed E-state index contributed by atoms with van der Waals surface area (Å²) in [7, 11) is 1.16. The van der Waals surface area contributed by atoms with Crippen molar-refractivity contribution in [2.45, 2.75) is 76.9 Å². The van der Waals surface area contributed by atoms with Crippen molar-refractivity contribution in [1.82, 2.24) is 5.32 Å². The van der Waals surface area contributed by atoms with E-state index in [0.29, 0.717) is 5.56 Å². The lowest BCUT2D eigenvalue weighted by molar-refractivity contribution is -0.215. The highest BCUT2D eigenvalue weighted by Gasteiger charge is 2.57. The first-order chi connectivity index (χ1) is 17.4. The van der Waals surface area contributed by atoms with Crippen LogP contribution in [-0.4, -0.2) is 72.8 Å². The molecule has 1 aliphatic carbocycles. The fourth-order valence-electron chi connectivity index (χ4n) is 4.26. The number of hydrogen-bond acceptors (Lipinski definition) is 11. The summed E-state index contributed by atoms with van der Waals surface area (Å²) in [5, 5.41) is 2.56. The lowest BCUT2D eigenvalue weighted by Crippen LogP contribution is -2.64. The molecule has 1 amide bonds. The maximum absolute atomic E-state index is 13.7. The summed E-state index contributed by atoms with van der Waals surface area (Å²) in [5.74, 6) is -4.83. The highest BCUT2D eigenvalue weighted by molar-refractivity contribution is 5.92. The molecule has 0 aliphatic heterocycles. The number of carbonyl (C=O) groups excluding carboxylic acids is 6. The predicted molar refractivity (Wildman–Crippen MR) is 124 cm³/mol. The smallest absolute Gasteiger partial charge is 0.328 e. The molecule has 0 saturated heterocycles. The van der Waals surface area contributed by atoms with Crippen LogP contribution in [0.2, 0.25) is 0 Å². The molecule has 1 aromatic rings. The SMILES string of the molecule is COC(=O)[C@H](Cc1ccccc1)NC(=O)C1(OC(C)=O)C[C@H](OC(C)=O)C(OC(C)=O)[C@@H](OC(C)=O)C1. The van der Waals surface area contributed by atoms with Crippen molar-refractivity contribution in [2.24, 2.45) is 0 Å².